The molecule has 3 aromatic heterocycles. The molecule has 0 saturated carbocycles. The highest BCUT2D eigenvalue weighted by molar-refractivity contribution is 5.83. The van der Waals surface area contributed by atoms with Gasteiger partial charge in [0.05, 0.1) is 12.6 Å². The molecule has 1 aliphatic rings. The highest BCUT2D eigenvalue weighted by atomic mass is 16.5. The Morgan fingerprint density at radius 2 is 2.09 bits per heavy atom. The van der Waals surface area contributed by atoms with Crippen LogP contribution in [0.3, 0.4) is 0 Å². The number of aryl methyl sites for hydroxylation is 1. The van der Waals surface area contributed by atoms with Crippen LogP contribution < -0.4 is 4.74 Å². The van der Waals surface area contributed by atoms with Crippen molar-refractivity contribution >= 4 is 10.9 Å². The van der Waals surface area contributed by atoms with E-state index in [9.17, 15) is 0 Å². The van der Waals surface area contributed by atoms with Gasteiger partial charge in [0.15, 0.2) is 0 Å². The maximum Gasteiger partial charge on any atom is 0.244 e. The number of hydrogen-bond acceptors (Lipinski definition) is 7. The van der Waals surface area contributed by atoms with Crippen molar-refractivity contribution in [3.8, 4) is 17.3 Å². The van der Waals surface area contributed by atoms with Gasteiger partial charge in [0.2, 0.25) is 11.7 Å². The summed E-state index contributed by atoms with van der Waals surface area (Å²) in [5.74, 6) is 1.83. The van der Waals surface area contributed by atoms with E-state index in [0.29, 0.717) is 36.4 Å². The Balaban J connectivity index is 1.34. The number of para-hydroxylation sites is 1. The Labute approximate surface area is 186 Å². The number of hydrogen-bond donors (Lipinski definition) is 0. The Bertz CT molecular complexity index is 1200. The number of nitrogens with zero attached hydrogens (tertiary/aromatic N) is 5. The molecular weight excluding hydrogens is 406 g/mol. The second-order valence-electron chi connectivity index (χ2n) is 8.09. The summed E-state index contributed by atoms with van der Waals surface area (Å²) < 4.78 is 18.6. The van der Waals surface area contributed by atoms with Crippen molar-refractivity contribution in [1.29, 1.82) is 0 Å². The maximum atomic E-state index is 5.69. The lowest BCUT2D eigenvalue weighted by Crippen LogP contribution is -2.22. The molecule has 4 aromatic rings. The van der Waals surface area contributed by atoms with E-state index < -0.39 is 0 Å². The smallest absolute Gasteiger partial charge is 0.244 e. The molecule has 1 aliphatic heterocycles. The third kappa shape index (κ3) is 4.11. The Hall–Kier alpha value is -3.23. The molecule has 0 radical (unpaired) electrons. The van der Waals surface area contributed by atoms with Crippen LogP contribution >= 0.6 is 0 Å². The zero-order chi connectivity index (χ0) is 21.9. The van der Waals surface area contributed by atoms with Crippen molar-refractivity contribution < 1.29 is 14.0 Å². The quantitative estimate of drug-likeness (QED) is 0.389. The van der Waals surface area contributed by atoms with Gasteiger partial charge in [-0.3, -0.25) is 9.88 Å². The summed E-state index contributed by atoms with van der Waals surface area (Å²) >= 11 is 0. The largest absolute Gasteiger partial charge is 0.491 e. The summed E-state index contributed by atoms with van der Waals surface area (Å²) in [6.07, 6.45) is 6.02. The lowest BCUT2D eigenvalue weighted by atomic mass is 10.1. The minimum Gasteiger partial charge on any atom is -0.491 e. The van der Waals surface area contributed by atoms with Crippen molar-refractivity contribution in [2.45, 2.75) is 25.4 Å². The van der Waals surface area contributed by atoms with Crippen LogP contribution in [0.5, 0.6) is 5.75 Å². The Kier molecular flexibility index (Phi) is 5.87. The van der Waals surface area contributed by atoms with Gasteiger partial charge in [-0.05, 0) is 37.1 Å². The highest BCUT2D eigenvalue weighted by Gasteiger charge is 2.31. The van der Waals surface area contributed by atoms with Gasteiger partial charge < -0.3 is 18.6 Å². The van der Waals surface area contributed by atoms with E-state index in [1.165, 1.54) is 16.5 Å². The van der Waals surface area contributed by atoms with Crippen LogP contribution in [0.4, 0.5) is 0 Å². The zero-order valence-electron chi connectivity index (χ0n) is 18.4. The fourth-order valence-corrected chi connectivity index (χ4v) is 4.41. The number of pyridine rings is 1. The topological polar surface area (TPSA) is 78.4 Å². The zero-order valence-corrected chi connectivity index (χ0v) is 18.4. The second kappa shape index (κ2) is 9.10. The number of benzene rings is 1. The van der Waals surface area contributed by atoms with Crippen LogP contribution in [-0.2, 0) is 18.3 Å². The van der Waals surface area contributed by atoms with Crippen LogP contribution in [0.1, 0.15) is 30.3 Å². The van der Waals surface area contributed by atoms with E-state index in [-0.39, 0.29) is 6.04 Å². The number of ether oxygens (including phenoxy) is 2. The maximum absolute atomic E-state index is 5.69. The fourth-order valence-electron chi connectivity index (χ4n) is 4.41. The van der Waals surface area contributed by atoms with Gasteiger partial charge in [0, 0.05) is 50.1 Å². The van der Waals surface area contributed by atoms with Gasteiger partial charge in [-0.2, -0.15) is 4.98 Å². The van der Waals surface area contributed by atoms with Crippen LogP contribution in [0.15, 0.2) is 53.3 Å². The van der Waals surface area contributed by atoms with Gasteiger partial charge in [0.1, 0.15) is 18.1 Å². The molecule has 0 bridgehead atoms. The summed E-state index contributed by atoms with van der Waals surface area (Å²) in [5, 5.41) is 5.50. The molecular formula is C24H27N5O3. The minimum atomic E-state index is 0.108. The average molecular weight is 434 g/mol. The summed E-state index contributed by atoms with van der Waals surface area (Å²) in [6, 6.07) is 12.3. The molecule has 1 saturated heterocycles. The molecule has 8 heteroatoms. The predicted octanol–water partition coefficient (Wildman–Crippen LogP) is 3.99. The van der Waals surface area contributed by atoms with E-state index in [1.807, 2.05) is 12.1 Å². The molecule has 0 amide bonds. The number of likely N-dealkylation sites (tertiary alicyclic amines) is 1. The molecule has 8 nitrogen and oxygen atoms in total. The Morgan fingerprint density at radius 3 is 3.00 bits per heavy atom. The first-order chi connectivity index (χ1) is 15.7. The lowest BCUT2D eigenvalue weighted by molar-refractivity contribution is 0.146. The molecule has 1 aromatic carbocycles. The van der Waals surface area contributed by atoms with E-state index in [4.69, 9.17) is 19.0 Å². The molecule has 32 heavy (non-hydrogen) atoms. The van der Waals surface area contributed by atoms with E-state index in [1.54, 1.807) is 13.3 Å². The third-order valence-electron chi connectivity index (χ3n) is 5.96. The van der Waals surface area contributed by atoms with Crippen molar-refractivity contribution in [3.63, 3.8) is 0 Å². The number of methoxy groups -OCH3 is 1. The normalized spacial score (nSPS) is 16.8. The number of aromatic nitrogens is 4. The van der Waals surface area contributed by atoms with E-state index in [2.05, 4.69) is 57.1 Å². The third-order valence-corrected chi connectivity index (χ3v) is 5.96. The van der Waals surface area contributed by atoms with Crippen LogP contribution in [0.25, 0.3) is 22.4 Å². The average Bonchev–Trinajstić information content (AvgIpc) is 3.54. The van der Waals surface area contributed by atoms with E-state index >= 15 is 0 Å². The summed E-state index contributed by atoms with van der Waals surface area (Å²) in [6.45, 7) is 2.86. The molecule has 5 rings (SSSR count). The standard InChI is InChI=1S/C24H27N5O3/c1-28-15-17(19-6-3-4-7-21(19)28)16-29-11-5-8-22(29)24-26-23(27-32-24)20-14-18(9-10-25-20)31-13-12-30-2/h3-4,6-7,9-10,14-15,22H,5,8,11-13,16H2,1-2H3/t22-/m0/s1. The number of rotatable bonds is 8. The minimum absolute atomic E-state index is 0.108. The highest BCUT2D eigenvalue weighted by Crippen LogP contribution is 2.34. The lowest BCUT2D eigenvalue weighted by Gasteiger charge is -2.21. The van der Waals surface area contributed by atoms with Gasteiger partial charge in [-0.25, -0.2) is 0 Å². The summed E-state index contributed by atoms with van der Waals surface area (Å²) in [7, 11) is 3.74. The molecule has 0 aliphatic carbocycles. The van der Waals surface area contributed by atoms with Crippen LogP contribution in [0, 0.1) is 0 Å². The monoisotopic (exact) mass is 433 g/mol. The first-order valence-electron chi connectivity index (χ1n) is 10.9. The van der Waals surface area contributed by atoms with Gasteiger partial charge in [-0.1, -0.05) is 23.4 Å². The first kappa shape index (κ1) is 20.7. The van der Waals surface area contributed by atoms with Gasteiger partial charge in [0.25, 0.3) is 0 Å². The second-order valence-corrected chi connectivity index (χ2v) is 8.09. The van der Waals surface area contributed by atoms with Gasteiger partial charge >= 0.3 is 0 Å². The van der Waals surface area contributed by atoms with Crippen molar-refractivity contribution in [1.82, 2.24) is 24.6 Å². The molecule has 0 spiro atoms. The first-order valence-corrected chi connectivity index (χ1v) is 10.9. The predicted molar refractivity (Wildman–Crippen MR) is 120 cm³/mol. The SMILES string of the molecule is COCCOc1ccnc(-c2noc([C@@H]3CCCN3Cc3cn(C)c4ccccc34)n2)c1. The van der Waals surface area contributed by atoms with Crippen molar-refractivity contribution in [2.75, 3.05) is 26.9 Å². The Morgan fingerprint density at radius 1 is 1.19 bits per heavy atom. The van der Waals surface area contributed by atoms with Crippen LogP contribution in [0.2, 0.25) is 0 Å². The summed E-state index contributed by atoms with van der Waals surface area (Å²) in [4.78, 5) is 11.5. The van der Waals surface area contributed by atoms with E-state index in [0.717, 1.165) is 25.9 Å². The van der Waals surface area contributed by atoms with Crippen LogP contribution in [-0.4, -0.2) is 51.5 Å². The molecule has 1 fully saturated rings. The number of fused-ring (bicyclic) bond motifs is 1. The molecule has 0 unspecified atom stereocenters. The molecule has 1 atom stereocenters. The molecule has 4 heterocycles. The molecule has 0 N–H and O–H groups in total. The molecule has 166 valence electrons. The van der Waals surface area contributed by atoms with Crippen molar-refractivity contribution in [2.24, 2.45) is 7.05 Å². The fraction of sp³-hybridized carbons (Fsp3) is 0.375. The summed E-state index contributed by atoms with van der Waals surface area (Å²) in [5.41, 5.74) is 3.20. The van der Waals surface area contributed by atoms with Crippen molar-refractivity contribution in [3.05, 3.63) is 60.2 Å². The van der Waals surface area contributed by atoms with Gasteiger partial charge in [-0.15, -0.1) is 0 Å².